The van der Waals surface area contributed by atoms with Crippen LogP contribution in [0.15, 0.2) is 149 Å². The lowest BCUT2D eigenvalue weighted by Gasteiger charge is -2.18. The first-order valence-electron chi connectivity index (χ1n) is 26.2. The summed E-state index contributed by atoms with van der Waals surface area (Å²) in [7, 11) is 0. The summed E-state index contributed by atoms with van der Waals surface area (Å²) < 4.78 is 61.3. The van der Waals surface area contributed by atoms with Crippen molar-refractivity contribution in [3.8, 4) is 33.9 Å². The first-order valence-corrected chi connectivity index (χ1v) is 26.2. The standard InChI is InChI=1S/C33H32F2N6O2.C27H27F2N5O3/c1-3-40(4-2)20-10-19-36-33-38-29(22-11-8-12-23(21-22)32(43)37-24-13-6-5-7-14-24)25-17-18-28(42)41(31(25)39-33)30-26(34)15-9-16-27(30)35;1-3-33(4-2)15-7-14-30-27-31-23(17-8-5-9-18(16-17)26(36)37)19-12-13-22(35)34(25(19)32-27)24-20(28)10-6-11-21(24)29/h5-9,11-18,21H,3-4,10,19-20H2,1-2H3,(H,37,43)(H,36,38,39);5-6,8-13,16H,3-4,7,14-15H2,1-2H3,(H,36,37)(H,30,31,32). The molecule has 20 heteroatoms. The molecule has 0 atom stereocenters. The number of hydrogen-bond acceptors (Lipinski definition) is 12. The highest BCUT2D eigenvalue weighted by molar-refractivity contribution is 6.05. The summed E-state index contributed by atoms with van der Waals surface area (Å²) in [6.07, 6.45) is 1.59. The molecule has 80 heavy (non-hydrogen) atoms. The maximum atomic E-state index is 15.0. The van der Waals surface area contributed by atoms with Gasteiger partial charge in [0.05, 0.1) is 17.0 Å². The maximum Gasteiger partial charge on any atom is 0.335 e. The van der Waals surface area contributed by atoms with Gasteiger partial charge in [0.1, 0.15) is 34.6 Å². The number of halogens is 4. The highest BCUT2D eigenvalue weighted by Gasteiger charge is 2.23. The van der Waals surface area contributed by atoms with Crippen LogP contribution in [0.2, 0.25) is 0 Å². The van der Waals surface area contributed by atoms with Crippen molar-refractivity contribution in [2.45, 2.75) is 40.5 Å². The molecule has 412 valence electrons. The van der Waals surface area contributed by atoms with E-state index in [4.69, 9.17) is 4.98 Å². The van der Waals surface area contributed by atoms with E-state index in [1.54, 1.807) is 48.5 Å². The van der Waals surface area contributed by atoms with Crippen molar-refractivity contribution in [3.63, 3.8) is 0 Å². The molecule has 0 unspecified atom stereocenters. The van der Waals surface area contributed by atoms with Gasteiger partial charge in [-0.25, -0.2) is 32.3 Å². The van der Waals surface area contributed by atoms with Gasteiger partial charge in [0, 0.05) is 58.4 Å². The number of nitrogens with zero attached hydrogens (tertiary/aromatic N) is 8. The molecule has 0 bridgehead atoms. The average molecular weight is 1090 g/mol. The third-order valence-corrected chi connectivity index (χ3v) is 13.3. The zero-order chi connectivity index (χ0) is 56.9. The number of aromatic nitrogens is 6. The van der Waals surface area contributed by atoms with Gasteiger partial charge in [-0.1, -0.05) is 82.3 Å². The number of carboxylic acid groups (broad SMARTS) is 1. The number of pyridine rings is 2. The molecule has 5 aromatic carbocycles. The van der Waals surface area contributed by atoms with E-state index in [-0.39, 0.29) is 34.7 Å². The molecule has 4 N–H and O–H groups in total. The summed E-state index contributed by atoms with van der Waals surface area (Å²) in [4.78, 5) is 73.6. The Morgan fingerprint density at radius 3 is 1.35 bits per heavy atom. The number of para-hydroxylation sites is 3. The molecule has 0 saturated carbocycles. The van der Waals surface area contributed by atoms with Crippen LogP contribution in [-0.2, 0) is 0 Å². The molecule has 4 heterocycles. The summed E-state index contributed by atoms with van der Waals surface area (Å²) in [5, 5.41) is 19.4. The van der Waals surface area contributed by atoms with Crippen LogP contribution in [0.4, 0.5) is 35.1 Å². The molecule has 0 saturated heterocycles. The lowest BCUT2D eigenvalue weighted by Crippen LogP contribution is -2.25. The first-order chi connectivity index (χ1) is 38.7. The maximum absolute atomic E-state index is 15.0. The van der Waals surface area contributed by atoms with Crippen LogP contribution >= 0.6 is 0 Å². The van der Waals surface area contributed by atoms with Gasteiger partial charge in [-0.3, -0.25) is 23.5 Å². The van der Waals surface area contributed by atoms with Crippen LogP contribution < -0.4 is 27.1 Å². The third-order valence-electron chi connectivity index (χ3n) is 13.3. The number of amides is 1. The minimum absolute atomic E-state index is 0.00605. The minimum Gasteiger partial charge on any atom is -0.478 e. The van der Waals surface area contributed by atoms with Crippen LogP contribution in [-0.4, -0.2) is 108 Å². The van der Waals surface area contributed by atoms with Crippen LogP contribution in [0.3, 0.4) is 0 Å². The Kier molecular flexibility index (Phi) is 18.9. The van der Waals surface area contributed by atoms with E-state index in [0.717, 1.165) is 85.5 Å². The molecule has 4 aromatic heterocycles. The quantitative estimate of drug-likeness (QED) is 0.0393. The largest absolute Gasteiger partial charge is 0.478 e. The van der Waals surface area contributed by atoms with E-state index >= 15 is 0 Å². The number of benzene rings is 5. The highest BCUT2D eigenvalue weighted by atomic mass is 19.1. The normalized spacial score (nSPS) is 11.2. The van der Waals surface area contributed by atoms with Crippen molar-refractivity contribution in [1.82, 2.24) is 38.9 Å². The van der Waals surface area contributed by atoms with Crippen LogP contribution in [0.5, 0.6) is 0 Å². The van der Waals surface area contributed by atoms with Gasteiger partial charge in [-0.2, -0.15) is 9.97 Å². The van der Waals surface area contributed by atoms with Gasteiger partial charge in [-0.05, 0) is 125 Å². The highest BCUT2D eigenvalue weighted by Crippen LogP contribution is 2.32. The van der Waals surface area contributed by atoms with Gasteiger partial charge < -0.3 is 30.9 Å². The molecule has 9 rings (SSSR count). The summed E-state index contributed by atoms with van der Waals surface area (Å²) >= 11 is 0. The van der Waals surface area contributed by atoms with Gasteiger partial charge in [0.25, 0.3) is 17.0 Å². The molecule has 0 aliphatic rings. The molecule has 16 nitrogen and oxygen atoms in total. The van der Waals surface area contributed by atoms with Crippen molar-refractivity contribution >= 4 is 51.5 Å². The molecular weight excluding hydrogens is 1030 g/mol. The zero-order valence-electron chi connectivity index (χ0n) is 44.5. The molecular formula is C60H59F4N11O5. The number of fused-ring (bicyclic) bond motifs is 2. The number of hydrogen-bond donors (Lipinski definition) is 4. The van der Waals surface area contributed by atoms with E-state index in [1.807, 2.05) is 18.2 Å². The number of carboxylic acids is 1. The Morgan fingerprint density at radius 2 is 0.925 bits per heavy atom. The topological polar surface area (TPSA) is 192 Å². The van der Waals surface area contributed by atoms with Gasteiger partial charge >= 0.3 is 5.97 Å². The molecule has 0 fully saturated rings. The number of anilines is 3. The second kappa shape index (κ2) is 26.5. The fourth-order valence-electron chi connectivity index (χ4n) is 9.08. The Bertz CT molecular complexity index is 3760. The molecule has 0 radical (unpaired) electrons. The SMILES string of the molecule is CCN(CC)CCCNc1nc(-c2cccc(C(=O)Nc3ccccc3)c2)c2ccc(=O)n(-c3c(F)cccc3F)c2n1.CCN(CC)CCCNc1nc(-c2cccc(C(=O)O)c2)c2ccc(=O)n(-c3c(F)cccc3F)c2n1. The predicted molar refractivity (Wildman–Crippen MR) is 304 cm³/mol. The number of rotatable bonds is 21. The van der Waals surface area contributed by atoms with Gasteiger partial charge in [-0.15, -0.1) is 0 Å². The van der Waals surface area contributed by atoms with Crippen molar-refractivity contribution in [2.75, 3.05) is 68.3 Å². The van der Waals surface area contributed by atoms with Crippen LogP contribution in [0.25, 0.3) is 56.0 Å². The fraction of sp³-hybridized carbons (Fsp3) is 0.233. The average Bonchev–Trinajstić information content (AvgIpc) is 3.56. The second-order valence-electron chi connectivity index (χ2n) is 18.3. The molecule has 0 spiro atoms. The zero-order valence-corrected chi connectivity index (χ0v) is 44.5. The first kappa shape index (κ1) is 57.0. The van der Waals surface area contributed by atoms with Crippen molar-refractivity contribution in [1.29, 1.82) is 0 Å². The van der Waals surface area contributed by atoms with Crippen LogP contribution in [0, 0.1) is 23.3 Å². The predicted octanol–water partition coefficient (Wildman–Crippen LogP) is 10.7. The smallest absolute Gasteiger partial charge is 0.335 e. The van der Waals surface area contributed by atoms with E-state index < -0.39 is 51.7 Å². The molecule has 0 aliphatic heterocycles. The number of carbonyl (C=O) groups is 2. The van der Waals surface area contributed by atoms with E-state index in [1.165, 1.54) is 48.5 Å². The van der Waals surface area contributed by atoms with Gasteiger partial charge in [0.2, 0.25) is 11.9 Å². The minimum atomic E-state index is -1.11. The fourth-order valence-corrected chi connectivity index (χ4v) is 9.08. The molecule has 1 amide bonds. The summed E-state index contributed by atoms with van der Waals surface area (Å²) in [5.74, 6) is -4.72. The van der Waals surface area contributed by atoms with Crippen molar-refractivity contribution in [3.05, 3.63) is 195 Å². The van der Waals surface area contributed by atoms with E-state index in [9.17, 15) is 41.8 Å². The van der Waals surface area contributed by atoms with Crippen molar-refractivity contribution < 1.29 is 32.3 Å². The monoisotopic (exact) mass is 1090 g/mol. The molecule has 9 aromatic rings. The Morgan fingerprint density at radius 1 is 0.512 bits per heavy atom. The Balaban J connectivity index is 0.000000213. The lowest BCUT2D eigenvalue weighted by molar-refractivity contribution is 0.0696. The number of carbonyl (C=O) groups excluding carboxylic acids is 1. The Hall–Kier alpha value is -9.14. The summed E-state index contributed by atoms with van der Waals surface area (Å²) in [5.41, 5.74) is 0.468. The molecule has 0 aliphatic carbocycles. The Labute approximate surface area is 458 Å². The van der Waals surface area contributed by atoms with Crippen molar-refractivity contribution in [2.24, 2.45) is 0 Å². The lowest BCUT2D eigenvalue weighted by atomic mass is 10.0. The number of nitrogens with one attached hydrogen (secondary N) is 3. The van der Waals surface area contributed by atoms with E-state index in [0.29, 0.717) is 57.6 Å². The summed E-state index contributed by atoms with van der Waals surface area (Å²) in [6, 6.07) is 34.3. The van der Waals surface area contributed by atoms with E-state index in [2.05, 4.69) is 68.4 Å². The third kappa shape index (κ3) is 13.2. The summed E-state index contributed by atoms with van der Waals surface area (Å²) in [6.45, 7) is 14.9. The second-order valence-corrected chi connectivity index (χ2v) is 18.3. The van der Waals surface area contributed by atoms with Crippen LogP contribution in [0.1, 0.15) is 61.3 Å². The number of aromatic carboxylic acids is 1. The van der Waals surface area contributed by atoms with Gasteiger partial charge in [0.15, 0.2) is 11.3 Å².